The molecule has 6 aromatic rings. The van der Waals surface area contributed by atoms with E-state index in [0.717, 1.165) is 49.6 Å². The zero-order valence-electron chi connectivity index (χ0n) is 17.9. The predicted molar refractivity (Wildman–Crippen MR) is 140 cm³/mol. The monoisotopic (exact) mass is 444 g/mol. The van der Waals surface area contributed by atoms with Crippen molar-refractivity contribution in [3.8, 4) is 5.69 Å². The van der Waals surface area contributed by atoms with Crippen LogP contribution in [-0.4, -0.2) is 4.57 Å². The molecule has 33 heavy (non-hydrogen) atoms. The van der Waals surface area contributed by atoms with Crippen LogP contribution in [0.1, 0.15) is 0 Å². The molecule has 0 spiro atoms. The summed E-state index contributed by atoms with van der Waals surface area (Å²) < 4.78 is 2.30. The topological polar surface area (TPSA) is 8.17 Å². The summed E-state index contributed by atoms with van der Waals surface area (Å²) in [5.41, 5.74) is 6.53. The molecule has 0 saturated carbocycles. The van der Waals surface area contributed by atoms with Gasteiger partial charge in [0.1, 0.15) is 0 Å². The predicted octanol–water partition coefficient (Wildman–Crippen LogP) is 8.91. The zero-order chi connectivity index (χ0) is 22.2. The fourth-order valence-electron chi connectivity index (χ4n) is 4.62. The second kappa shape index (κ2) is 8.16. The smallest absolute Gasteiger partial charge is 0.0576 e. The third kappa shape index (κ3) is 3.36. The number of hydrogen-bond donors (Lipinski definition) is 0. The second-order valence-electron chi connectivity index (χ2n) is 8.02. The van der Waals surface area contributed by atoms with Crippen molar-refractivity contribution in [3.63, 3.8) is 0 Å². The van der Waals surface area contributed by atoms with E-state index in [9.17, 15) is 0 Å². The summed E-state index contributed by atoms with van der Waals surface area (Å²) in [4.78, 5) is 2.25. The molecule has 0 aliphatic rings. The van der Waals surface area contributed by atoms with E-state index in [1.807, 2.05) is 18.2 Å². The number of hydrogen-bond acceptors (Lipinski definition) is 1. The highest BCUT2D eigenvalue weighted by molar-refractivity contribution is 6.38. The number of para-hydroxylation sites is 4. The van der Waals surface area contributed by atoms with Gasteiger partial charge in [-0.1, -0.05) is 84.4 Å². The normalized spacial score (nSPS) is 11.2. The maximum absolute atomic E-state index is 7.02. The minimum atomic E-state index is 0.741. The second-order valence-corrected chi connectivity index (χ2v) is 8.42. The van der Waals surface area contributed by atoms with Crippen LogP contribution >= 0.6 is 11.6 Å². The lowest BCUT2D eigenvalue weighted by atomic mass is 10.1. The molecule has 2 nitrogen and oxygen atoms in total. The minimum Gasteiger partial charge on any atom is -0.310 e. The van der Waals surface area contributed by atoms with Gasteiger partial charge in [0.2, 0.25) is 0 Å². The highest BCUT2D eigenvalue weighted by atomic mass is 35.5. The van der Waals surface area contributed by atoms with Gasteiger partial charge in [0.05, 0.1) is 16.1 Å². The molecule has 0 bridgehead atoms. The van der Waals surface area contributed by atoms with Crippen molar-refractivity contribution in [1.82, 2.24) is 4.57 Å². The average molecular weight is 445 g/mol. The molecule has 0 fully saturated rings. The fraction of sp³-hybridized carbons (Fsp3) is 0. The third-order valence-electron chi connectivity index (χ3n) is 6.01. The standard InChI is InChI=1S/C30H21ClN2/c31-27-20-25(32(22-12-4-1-5-13-22)23-14-6-2-7-15-23)21-29-30(27)26-18-10-11-19-28(26)33(29)24-16-8-3-9-17-24/h1-21H. The SMILES string of the molecule is Clc1cc(N(c2ccccc2)c2ccccc2)cc2c1c1ccccc1n2-c1ccccc1. The van der Waals surface area contributed by atoms with Crippen molar-refractivity contribution in [1.29, 1.82) is 0 Å². The summed E-state index contributed by atoms with van der Waals surface area (Å²) in [6.45, 7) is 0. The Labute approximate surface area is 197 Å². The van der Waals surface area contributed by atoms with Crippen molar-refractivity contribution < 1.29 is 0 Å². The number of benzene rings is 5. The van der Waals surface area contributed by atoms with Gasteiger partial charge in [-0.15, -0.1) is 0 Å². The number of fused-ring (bicyclic) bond motifs is 3. The minimum absolute atomic E-state index is 0.741. The lowest BCUT2D eigenvalue weighted by molar-refractivity contribution is 1.18. The molecular weight excluding hydrogens is 424 g/mol. The highest BCUT2D eigenvalue weighted by Gasteiger charge is 2.19. The van der Waals surface area contributed by atoms with Gasteiger partial charge in [0.25, 0.3) is 0 Å². The Bertz CT molecular complexity index is 1520. The van der Waals surface area contributed by atoms with Gasteiger partial charge in [-0.05, 0) is 54.6 Å². The Morgan fingerprint density at radius 3 is 1.70 bits per heavy atom. The molecular formula is C30H21ClN2. The van der Waals surface area contributed by atoms with Gasteiger partial charge in [0.15, 0.2) is 0 Å². The van der Waals surface area contributed by atoms with Crippen LogP contribution < -0.4 is 4.90 Å². The summed E-state index contributed by atoms with van der Waals surface area (Å²) >= 11 is 7.02. The van der Waals surface area contributed by atoms with Crippen molar-refractivity contribution in [3.05, 3.63) is 132 Å². The van der Waals surface area contributed by atoms with Crippen molar-refractivity contribution in [2.24, 2.45) is 0 Å². The van der Waals surface area contributed by atoms with Crippen molar-refractivity contribution in [2.75, 3.05) is 4.90 Å². The van der Waals surface area contributed by atoms with Gasteiger partial charge in [-0.25, -0.2) is 0 Å². The van der Waals surface area contributed by atoms with Crippen molar-refractivity contribution >= 4 is 50.5 Å². The van der Waals surface area contributed by atoms with Gasteiger partial charge < -0.3 is 9.47 Å². The number of rotatable bonds is 4. The first-order valence-corrected chi connectivity index (χ1v) is 11.4. The fourth-order valence-corrected chi connectivity index (χ4v) is 4.93. The Morgan fingerprint density at radius 1 is 0.515 bits per heavy atom. The first-order chi connectivity index (χ1) is 16.3. The molecule has 0 radical (unpaired) electrons. The van der Waals surface area contributed by atoms with Gasteiger partial charge in [-0.2, -0.15) is 0 Å². The van der Waals surface area contributed by atoms with Crippen LogP contribution in [0.3, 0.4) is 0 Å². The first-order valence-electron chi connectivity index (χ1n) is 11.0. The Kier molecular flexibility index (Phi) is 4.86. The molecule has 0 N–H and O–H groups in total. The van der Waals surface area contributed by atoms with E-state index in [1.165, 1.54) is 0 Å². The molecule has 0 aliphatic carbocycles. The molecule has 1 heterocycles. The zero-order valence-corrected chi connectivity index (χ0v) is 18.7. The van der Waals surface area contributed by atoms with Gasteiger partial charge in [-0.3, -0.25) is 0 Å². The number of halogens is 1. The lowest BCUT2D eigenvalue weighted by Gasteiger charge is -2.26. The molecule has 5 aromatic carbocycles. The molecule has 0 atom stereocenters. The maximum Gasteiger partial charge on any atom is 0.0576 e. The summed E-state index contributed by atoms with van der Waals surface area (Å²) in [7, 11) is 0. The summed E-state index contributed by atoms with van der Waals surface area (Å²) in [5.74, 6) is 0. The van der Waals surface area contributed by atoms with E-state index in [4.69, 9.17) is 11.6 Å². The van der Waals surface area contributed by atoms with E-state index in [-0.39, 0.29) is 0 Å². The van der Waals surface area contributed by atoms with Crippen LogP contribution in [0.4, 0.5) is 17.1 Å². The van der Waals surface area contributed by atoms with E-state index >= 15 is 0 Å². The number of aromatic nitrogens is 1. The summed E-state index contributed by atoms with van der Waals surface area (Å²) in [5, 5.41) is 2.96. The van der Waals surface area contributed by atoms with Crippen LogP contribution in [0, 0.1) is 0 Å². The number of nitrogens with zero attached hydrogens (tertiary/aromatic N) is 2. The summed E-state index contributed by atoms with van der Waals surface area (Å²) in [6.07, 6.45) is 0. The van der Waals surface area contributed by atoms with Crippen LogP contribution in [0.2, 0.25) is 5.02 Å². The van der Waals surface area contributed by atoms with Crippen LogP contribution in [0.25, 0.3) is 27.5 Å². The highest BCUT2D eigenvalue weighted by Crippen LogP contribution is 2.42. The largest absolute Gasteiger partial charge is 0.310 e. The first kappa shape index (κ1) is 19.7. The molecule has 6 rings (SSSR count). The average Bonchev–Trinajstić information content (AvgIpc) is 3.21. The third-order valence-corrected chi connectivity index (χ3v) is 6.31. The molecule has 158 valence electrons. The van der Waals surface area contributed by atoms with Crippen LogP contribution in [0.15, 0.2) is 127 Å². The molecule has 0 unspecified atom stereocenters. The van der Waals surface area contributed by atoms with Crippen molar-refractivity contribution in [2.45, 2.75) is 0 Å². The molecule has 0 saturated heterocycles. The van der Waals surface area contributed by atoms with Gasteiger partial charge in [0, 0.05) is 33.5 Å². The lowest BCUT2D eigenvalue weighted by Crippen LogP contribution is -2.10. The Morgan fingerprint density at radius 2 is 1.06 bits per heavy atom. The van der Waals surface area contributed by atoms with E-state index in [2.05, 4.69) is 119 Å². The van der Waals surface area contributed by atoms with Crippen LogP contribution in [-0.2, 0) is 0 Å². The molecule has 3 heteroatoms. The Balaban J connectivity index is 1.69. The molecule has 0 amide bonds. The summed E-state index contributed by atoms with van der Waals surface area (Å²) in [6, 6.07) is 44.1. The Hall–Kier alpha value is -4.01. The maximum atomic E-state index is 7.02. The van der Waals surface area contributed by atoms with E-state index < -0.39 is 0 Å². The molecule has 0 aliphatic heterocycles. The van der Waals surface area contributed by atoms with Gasteiger partial charge >= 0.3 is 0 Å². The van der Waals surface area contributed by atoms with Crippen LogP contribution in [0.5, 0.6) is 0 Å². The van der Waals surface area contributed by atoms with E-state index in [1.54, 1.807) is 0 Å². The number of anilines is 3. The van der Waals surface area contributed by atoms with E-state index in [0.29, 0.717) is 0 Å². The molecule has 1 aromatic heterocycles. The quantitative estimate of drug-likeness (QED) is 0.263.